The maximum atomic E-state index is 11.4. The first kappa shape index (κ1) is 21.1. The SMILES string of the molecule is CS(=O)(=O)N1CCN(CCCc2ccccc2)CC1.O=C(O)C(=O)O. The second-order valence-electron chi connectivity index (χ2n) is 5.70. The van der Waals surface area contributed by atoms with Crippen LogP contribution in [0.15, 0.2) is 30.3 Å². The number of sulfonamides is 1. The molecule has 25 heavy (non-hydrogen) atoms. The summed E-state index contributed by atoms with van der Waals surface area (Å²) in [4.78, 5) is 20.6. The zero-order valence-electron chi connectivity index (χ0n) is 14.2. The summed E-state index contributed by atoms with van der Waals surface area (Å²) in [5.41, 5.74) is 1.37. The third kappa shape index (κ3) is 8.62. The van der Waals surface area contributed by atoms with Gasteiger partial charge in [-0.3, -0.25) is 0 Å². The molecule has 0 unspecified atom stereocenters. The Bertz CT molecular complexity index is 642. The molecule has 0 spiro atoms. The van der Waals surface area contributed by atoms with Crippen molar-refractivity contribution in [1.82, 2.24) is 9.21 Å². The summed E-state index contributed by atoms with van der Waals surface area (Å²) in [6, 6.07) is 10.5. The molecular weight excluding hydrogens is 348 g/mol. The standard InChI is InChI=1S/C14H22N2O2S.C2H2O4/c1-19(17,18)16-12-10-15(11-13-16)9-5-8-14-6-3-2-4-7-14;3-1(4)2(5)6/h2-4,6-7H,5,8-13H2,1H3;(H,3,4)(H,5,6). The molecular formula is C16H24N2O6S. The van der Waals surface area contributed by atoms with Crippen molar-refractivity contribution in [3.8, 4) is 0 Å². The van der Waals surface area contributed by atoms with Gasteiger partial charge in [-0.25, -0.2) is 18.0 Å². The zero-order chi connectivity index (χ0) is 18.9. The fraction of sp³-hybridized carbons (Fsp3) is 0.500. The average Bonchev–Trinajstić information content (AvgIpc) is 2.56. The molecule has 2 N–H and O–H groups in total. The van der Waals surface area contributed by atoms with Crippen molar-refractivity contribution in [2.45, 2.75) is 12.8 Å². The van der Waals surface area contributed by atoms with Crippen LogP contribution in [0.4, 0.5) is 0 Å². The fourth-order valence-corrected chi connectivity index (χ4v) is 3.26. The van der Waals surface area contributed by atoms with Crippen LogP contribution in [0.3, 0.4) is 0 Å². The molecule has 1 saturated heterocycles. The fourth-order valence-electron chi connectivity index (χ4n) is 2.44. The highest BCUT2D eigenvalue weighted by molar-refractivity contribution is 7.88. The smallest absolute Gasteiger partial charge is 0.414 e. The molecule has 1 aromatic rings. The second-order valence-corrected chi connectivity index (χ2v) is 7.69. The van der Waals surface area contributed by atoms with Gasteiger partial charge in [-0.15, -0.1) is 0 Å². The number of carboxylic acids is 2. The number of piperazine rings is 1. The van der Waals surface area contributed by atoms with Crippen molar-refractivity contribution in [3.63, 3.8) is 0 Å². The van der Waals surface area contributed by atoms with Crippen LogP contribution >= 0.6 is 0 Å². The summed E-state index contributed by atoms with van der Waals surface area (Å²) < 4.78 is 24.4. The van der Waals surface area contributed by atoms with E-state index < -0.39 is 22.0 Å². The van der Waals surface area contributed by atoms with E-state index in [9.17, 15) is 8.42 Å². The lowest BCUT2D eigenvalue weighted by molar-refractivity contribution is -0.159. The summed E-state index contributed by atoms with van der Waals surface area (Å²) in [5, 5.41) is 14.8. The topological polar surface area (TPSA) is 115 Å². The first-order valence-electron chi connectivity index (χ1n) is 7.87. The molecule has 0 bridgehead atoms. The number of carboxylic acid groups (broad SMARTS) is 2. The Labute approximate surface area is 147 Å². The number of rotatable bonds is 5. The molecule has 140 valence electrons. The Hall–Kier alpha value is -1.97. The van der Waals surface area contributed by atoms with Crippen LogP contribution in [-0.4, -0.2) is 78.8 Å². The molecule has 9 heteroatoms. The predicted molar refractivity (Wildman–Crippen MR) is 92.9 cm³/mol. The lowest BCUT2D eigenvalue weighted by atomic mass is 10.1. The molecule has 1 heterocycles. The van der Waals surface area contributed by atoms with E-state index in [4.69, 9.17) is 19.8 Å². The molecule has 1 fully saturated rings. The van der Waals surface area contributed by atoms with Gasteiger partial charge in [-0.2, -0.15) is 4.31 Å². The molecule has 0 saturated carbocycles. The highest BCUT2D eigenvalue weighted by Crippen LogP contribution is 2.08. The molecule has 0 aliphatic carbocycles. The minimum Gasteiger partial charge on any atom is -0.473 e. The van der Waals surface area contributed by atoms with Gasteiger partial charge in [0.15, 0.2) is 0 Å². The highest BCUT2D eigenvalue weighted by atomic mass is 32.2. The number of aliphatic carboxylic acids is 2. The molecule has 0 aromatic heterocycles. The zero-order valence-corrected chi connectivity index (χ0v) is 15.0. The van der Waals surface area contributed by atoms with Crippen LogP contribution in [0.5, 0.6) is 0 Å². The van der Waals surface area contributed by atoms with Gasteiger partial charge in [0.2, 0.25) is 10.0 Å². The minimum absolute atomic E-state index is 0.629. The number of carbonyl (C=O) groups is 2. The lowest BCUT2D eigenvalue weighted by Gasteiger charge is -2.33. The average molecular weight is 372 g/mol. The molecule has 1 aromatic carbocycles. The number of benzene rings is 1. The van der Waals surface area contributed by atoms with Crippen molar-refractivity contribution < 1.29 is 28.2 Å². The quantitative estimate of drug-likeness (QED) is 0.717. The van der Waals surface area contributed by atoms with Gasteiger partial charge in [-0.05, 0) is 24.9 Å². The van der Waals surface area contributed by atoms with Crippen LogP contribution < -0.4 is 0 Å². The molecule has 1 aliphatic heterocycles. The number of hydrogen-bond acceptors (Lipinski definition) is 5. The second kappa shape index (κ2) is 10.1. The Morgan fingerprint density at radius 3 is 1.96 bits per heavy atom. The van der Waals surface area contributed by atoms with Crippen LogP contribution in [0.25, 0.3) is 0 Å². The Morgan fingerprint density at radius 1 is 1.00 bits per heavy atom. The van der Waals surface area contributed by atoms with Crippen molar-refractivity contribution >= 4 is 22.0 Å². The number of aryl methyl sites for hydroxylation is 1. The predicted octanol–water partition coefficient (Wildman–Crippen LogP) is 0.352. The van der Waals surface area contributed by atoms with Gasteiger partial charge in [0.25, 0.3) is 0 Å². The van der Waals surface area contributed by atoms with Crippen LogP contribution in [-0.2, 0) is 26.0 Å². The van der Waals surface area contributed by atoms with Crippen molar-refractivity contribution in [2.75, 3.05) is 39.0 Å². The van der Waals surface area contributed by atoms with E-state index in [2.05, 4.69) is 29.2 Å². The van der Waals surface area contributed by atoms with Crippen LogP contribution in [0.1, 0.15) is 12.0 Å². The van der Waals surface area contributed by atoms with E-state index in [0.29, 0.717) is 13.1 Å². The van der Waals surface area contributed by atoms with Crippen molar-refractivity contribution in [3.05, 3.63) is 35.9 Å². The van der Waals surface area contributed by atoms with Crippen LogP contribution in [0.2, 0.25) is 0 Å². The molecule has 0 atom stereocenters. The normalized spacial score (nSPS) is 15.9. The van der Waals surface area contributed by atoms with Gasteiger partial charge >= 0.3 is 11.9 Å². The Kier molecular flexibility index (Phi) is 8.53. The summed E-state index contributed by atoms with van der Waals surface area (Å²) in [6.45, 7) is 4.00. The van der Waals surface area contributed by atoms with Crippen LogP contribution in [0, 0.1) is 0 Å². The summed E-state index contributed by atoms with van der Waals surface area (Å²) in [6.07, 6.45) is 3.51. The molecule has 8 nitrogen and oxygen atoms in total. The van der Waals surface area contributed by atoms with Gasteiger partial charge in [0.1, 0.15) is 0 Å². The van der Waals surface area contributed by atoms with E-state index in [1.807, 2.05) is 6.07 Å². The van der Waals surface area contributed by atoms with E-state index in [0.717, 1.165) is 32.5 Å². The molecule has 2 rings (SSSR count). The monoisotopic (exact) mass is 372 g/mol. The maximum absolute atomic E-state index is 11.4. The van der Waals surface area contributed by atoms with Crippen molar-refractivity contribution in [1.29, 1.82) is 0 Å². The summed E-state index contributed by atoms with van der Waals surface area (Å²) in [5.74, 6) is -3.65. The van der Waals surface area contributed by atoms with Gasteiger partial charge < -0.3 is 15.1 Å². The lowest BCUT2D eigenvalue weighted by Crippen LogP contribution is -2.48. The molecule has 0 amide bonds. The van der Waals surface area contributed by atoms with E-state index in [1.165, 1.54) is 11.8 Å². The largest absolute Gasteiger partial charge is 0.473 e. The van der Waals surface area contributed by atoms with Gasteiger partial charge in [0, 0.05) is 26.2 Å². The first-order valence-corrected chi connectivity index (χ1v) is 9.72. The summed E-state index contributed by atoms with van der Waals surface area (Å²) >= 11 is 0. The van der Waals surface area contributed by atoms with Gasteiger partial charge in [-0.1, -0.05) is 30.3 Å². The van der Waals surface area contributed by atoms with Crippen molar-refractivity contribution in [2.24, 2.45) is 0 Å². The maximum Gasteiger partial charge on any atom is 0.414 e. The Morgan fingerprint density at radius 2 is 1.52 bits per heavy atom. The number of nitrogens with zero attached hydrogens (tertiary/aromatic N) is 2. The third-order valence-corrected chi connectivity index (χ3v) is 5.07. The Balaban J connectivity index is 0.000000450. The first-order chi connectivity index (χ1) is 11.7. The molecule has 1 aliphatic rings. The third-order valence-electron chi connectivity index (χ3n) is 3.77. The van der Waals surface area contributed by atoms with E-state index in [-0.39, 0.29) is 0 Å². The summed E-state index contributed by atoms with van der Waals surface area (Å²) in [7, 11) is -3.01. The van der Waals surface area contributed by atoms with E-state index >= 15 is 0 Å². The number of hydrogen-bond donors (Lipinski definition) is 2. The van der Waals surface area contributed by atoms with Gasteiger partial charge in [0.05, 0.1) is 6.26 Å². The van der Waals surface area contributed by atoms with E-state index in [1.54, 1.807) is 4.31 Å². The highest BCUT2D eigenvalue weighted by Gasteiger charge is 2.22. The minimum atomic E-state index is -3.01. The molecule has 0 radical (unpaired) electrons.